The summed E-state index contributed by atoms with van der Waals surface area (Å²) in [6.45, 7) is 2.47. The Morgan fingerprint density at radius 1 is 1.35 bits per heavy atom. The van der Waals surface area contributed by atoms with Gasteiger partial charge in [-0.1, -0.05) is 6.92 Å². The molecule has 8 heteroatoms. The van der Waals surface area contributed by atoms with Gasteiger partial charge in [-0.25, -0.2) is 9.59 Å². The molecule has 1 rings (SSSR count). The number of urea groups is 1. The van der Waals surface area contributed by atoms with Crippen LogP contribution in [0.25, 0.3) is 0 Å². The summed E-state index contributed by atoms with van der Waals surface area (Å²) >= 11 is 0. The number of aliphatic carboxylic acids is 2. The number of likely N-dealkylation sites (tertiary alicyclic amines) is 1. The second-order valence-corrected chi connectivity index (χ2v) is 5.05. The zero-order valence-electron chi connectivity index (χ0n) is 11.3. The van der Waals surface area contributed by atoms with E-state index in [-0.39, 0.29) is 25.3 Å². The predicted octanol–water partition coefficient (Wildman–Crippen LogP) is -0.283. The maximum atomic E-state index is 11.9. The van der Waals surface area contributed by atoms with Crippen LogP contribution in [0, 0.1) is 5.92 Å². The maximum Gasteiger partial charge on any atom is 0.326 e. The van der Waals surface area contributed by atoms with Gasteiger partial charge < -0.3 is 25.5 Å². The number of amides is 2. The number of aliphatic hydroxyl groups excluding tert-OH is 1. The summed E-state index contributed by atoms with van der Waals surface area (Å²) in [5.41, 5.74) is 0. The lowest BCUT2D eigenvalue weighted by atomic mass is 9.96. The minimum atomic E-state index is -1.27. The van der Waals surface area contributed by atoms with Gasteiger partial charge in [0.2, 0.25) is 0 Å². The number of carboxylic acid groups (broad SMARTS) is 2. The molecule has 1 saturated heterocycles. The van der Waals surface area contributed by atoms with Crippen molar-refractivity contribution in [3.63, 3.8) is 0 Å². The van der Waals surface area contributed by atoms with Gasteiger partial charge in [-0.2, -0.15) is 0 Å². The van der Waals surface area contributed by atoms with Crippen molar-refractivity contribution in [1.82, 2.24) is 10.2 Å². The van der Waals surface area contributed by atoms with Gasteiger partial charge in [0.05, 0.1) is 6.10 Å². The van der Waals surface area contributed by atoms with E-state index in [9.17, 15) is 19.5 Å². The molecule has 1 aliphatic rings. The number of nitrogens with one attached hydrogen (secondary N) is 1. The van der Waals surface area contributed by atoms with Crippen LogP contribution in [-0.4, -0.2) is 63.4 Å². The van der Waals surface area contributed by atoms with Crippen LogP contribution in [0.15, 0.2) is 0 Å². The smallest absolute Gasteiger partial charge is 0.326 e. The minimum absolute atomic E-state index is 0.0985. The highest BCUT2D eigenvalue weighted by Gasteiger charge is 2.29. The SMILES string of the molecule is CC1CCN(C(=O)N[C@@H](CCC(=O)O)C(=O)O)CC1O. The van der Waals surface area contributed by atoms with E-state index < -0.39 is 30.1 Å². The fraction of sp³-hybridized carbons (Fsp3) is 0.750. The molecular formula is C12H20N2O6. The molecule has 1 heterocycles. The van der Waals surface area contributed by atoms with Gasteiger partial charge in [0, 0.05) is 19.5 Å². The van der Waals surface area contributed by atoms with Crippen molar-refractivity contribution in [2.75, 3.05) is 13.1 Å². The van der Waals surface area contributed by atoms with Crippen LogP contribution in [0.3, 0.4) is 0 Å². The van der Waals surface area contributed by atoms with Gasteiger partial charge in [0.15, 0.2) is 0 Å². The molecule has 114 valence electrons. The molecule has 2 amide bonds. The fourth-order valence-corrected chi connectivity index (χ4v) is 2.00. The molecule has 0 aromatic rings. The molecule has 3 atom stereocenters. The summed E-state index contributed by atoms with van der Waals surface area (Å²) in [5.74, 6) is -2.29. The van der Waals surface area contributed by atoms with Crippen molar-refractivity contribution >= 4 is 18.0 Å². The summed E-state index contributed by atoms with van der Waals surface area (Å²) in [5, 5.41) is 29.5. The monoisotopic (exact) mass is 288 g/mol. The van der Waals surface area contributed by atoms with Gasteiger partial charge in [0.25, 0.3) is 0 Å². The lowest BCUT2D eigenvalue weighted by Crippen LogP contribution is -2.53. The molecular weight excluding hydrogens is 268 g/mol. The number of β-amino-alcohol motifs (C(OH)–C–C–N with tert-alkyl or cyclic N) is 1. The van der Waals surface area contributed by atoms with E-state index in [1.54, 1.807) is 0 Å². The zero-order valence-corrected chi connectivity index (χ0v) is 11.3. The average molecular weight is 288 g/mol. The lowest BCUT2D eigenvalue weighted by molar-refractivity contribution is -0.140. The first-order valence-electron chi connectivity index (χ1n) is 6.49. The van der Waals surface area contributed by atoms with Crippen molar-refractivity contribution < 1.29 is 29.7 Å². The van der Waals surface area contributed by atoms with Crippen molar-refractivity contribution in [2.24, 2.45) is 5.92 Å². The second-order valence-electron chi connectivity index (χ2n) is 5.05. The molecule has 1 fully saturated rings. The van der Waals surface area contributed by atoms with Gasteiger partial charge in [-0.3, -0.25) is 4.79 Å². The topological polar surface area (TPSA) is 127 Å². The van der Waals surface area contributed by atoms with Crippen LogP contribution >= 0.6 is 0 Å². The van der Waals surface area contributed by atoms with Crippen molar-refractivity contribution in [1.29, 1.82) is 0 Å². The van der Waals surface area contributed by atoms with Crippen molar-refractivity contribution in [3.8, 4) is 0 Å². The van der Waals surface area contributed by atoms with Gasteiger partial charge in [0.1, 0.15) is 6.04 Å². The van der Waals surface area contributed by atoms with Gasteiger partial charge in [-0.15, -0.1) is 0 Å². The first kappa shape index (κ1) is 16.2. The number of piperidine rings is 1. The van der Waals surface area contributed by atoms with E-state index in [4.69, 9.17) is 10.2 Å². The molecule has 0 aliphatic carbocycles. The first-order valence-corrected chi connectivity index (χ1v) is 6.49. The molecule has 0 radical (unpaired) electrons. The van der Waals surface area contributed by atoms with E-state index in [0.29, 0.717) is 13.0 Å². The molecule has 20 heavy (non-hydrogen) atoms. The number of hydrogen-bond donors (Lipinski definition) is 4. The molecule has 1 aliphatic heterocycles. The first-order chi connectivity index (χ1) is 9.31. The van der Waals surface area contributed by atoms with Crippen molar-refractivity contribution in [3.05, 3.63) is 0 Å². The third kappa shape index (κ3) is 4.69. The third-order valence-corrected chi connectivity index (χ3v) is 3.45. The van der Waals surface area contributed by atoms with E-state index in [2.05, 4.69) is 5.32 Å². The number of nitrogens with zero attached hydrogens (tertiary/aromatic N) is 1. The van der Waals surface area contributed by atoms with Crippen LogP contribution in [0.2, 0.25) is 0 Å². The minimum Gasteiger partial charge on any atom is -0.481 e. The summed E-state index contributed by atoms with van der Waals surface area (Å²) < 4.78 is 0. The Hall–Kier alpha value is -1.83. The molecule has 4 N–H and O–H groups in total. The van der Waals surface area contributed by atoms with Crippen LogP contribution < -0.4 is 5.32 Å². The molecule has 0 bridgehead atoms. The number of aliphatic hydroxyl groups is 1. The molecule has 0 spiro atoms. The highest BCUT2D eigenvalue weighted by atomic mass is 16.4. The molecule has 8 nitrogen and oxygen atoms in total. The summed E-state index contributed by atoms with van der Waals surface area (Å²) in [4.78, 5) is 34.7. The van der Waals surface area contributed by atoms with Gasteiger partial charge >= 0.3 is 18.0 Å². The molecule has 0 saturated carbocycles. The summed E-state index contributed by atoms with van der Waals surface area (Å²) in [6.07, 6.45) is -0.501. The van der Waals surface area contributed by atoms with Crippen LogP contribution in [0.5, 0.6) is 0 Å². The number of carbonyl (C=O) groups is 3. The zero-order chi connectivity index (χ0) is 15.3. The Labute approximate surface area is 116 Å². The summed E-state index contributed by atoms with van der Waals surface area (Å²) in [7, 11) is 0. The molecule has 0 aromatic heterocycles. The highest BCUT2D eigenvalue weighted by molar-refractivity contribution is 5.83. The number of rotatable bonds is 5. The normalized spacial score (nSPS) is 24.0. The molecule has 2 unspecified atom stereocenters. The number of carboxylic acids is 2. The lowest BCUT2D eigenvalue weighted by Gasteiger charge is -2.34. The Morgan fingerprint density at radius 2 is 2.00 bits per heavy atom. The second kappa shape index (κ2) is 7.09. The Bertz CT molecular complexity index is 386. The van der Waals surface area contributed by atoms with Crippen LogP contribution in [-0.2, 0) is 9.59 Å². The van der Waals surface area contributed by atoms with Crippen molar-refractivity contribution in [2.45, 2.75) is 38.3 Å². The van der Waals surface area contributed by atoms with E-state index in [1.807, 2.05) is 6.92 Å². The standard InChI is InChI=1S/C12H20N2O6/c1-7-4-5-14(6-9(7)15)12(20)13-8(11(18)19)2-3-10(16)17/h7-9,15H,2-6H2,1H3,(H,13,20)(H,16,17)(H,18,19)/t7?,8-,9?/m0/s1. The predicted molar refractivity (Wildman–Crippen MR) is 68.2 cm³/mol. The highest BCUT2D eigenvalue weighted by Crippen LogP contribution is 2.17. The van der Waals surface area contributed by atoms with E-state index in [1.165, 1.54) is 4.90 Å². The van der Waals surface area contributed by atoms with Crippen LogP contribution in [0.1, 0.15) is 26.2 Å². The van der Waals surface area contributed by atoms with E-state index >= 15 is 0 Å². The quantitative estimate of drug-likeness (QED) is 0.551. The largest absolute Gasteiger partial charge is 0.481 e. The van der Waals surface area contributed by atoms with Crippen LogP contribution in [0.4, 0.5) is 4.79 Å². The Kier molecular flexibility index (Phi) is 5.75. The third-order valence-electron chi connectivity index (χ3n) is 3.45. The fourth-order valence-electron chi connectivity index (χ4n) is 2.00. The average Bonchev–Trinajstić information content (AvgIpc) is 2.36. The maximum absolute atomic E-state index is 11.9. The summed E-state index contributed by atoms with van der Waals surface area (Å²) in [6, 6.07) is -1.83. The number of carbonyl (C=O) groups excluding carboxylic acids is 1. The Balaban J connectivity index is 2.53. The molecule has 0 aromatic carbocycles. The van der Waals surface area contributed by atoms with E-state index in [0.717, 1.165) is 0 Å². The van der Waals surface area contributed by atoms with Gasteiger partial charge in [-0.05, 0) is 18.8 Å². The Morgan fingerprint density at radius 3 is 2.50 bits per heavy atom. The number of hydrogen-bond acceptors (Lipinski definition) is 4.